The van der Waals surface area contributed by atoms with E-state index in [1.54, 1.807) is 16.7 Å². The highest BCUT2D eigenvalue weighted by Gasteiger charge is 2.30. The summed E-state index contributed by atoms with van der Waals surface area (Å²) in [6.07, 6.45) is -4.51. The molecule has 0 unspecified atom stereocenters. The van der Waals surface area contributed by atoms with Crippen LogP contribution in [-0.2, 0) is 11.0 Å². The Balaban J connectivity index is 1.38. The molecule has 0 atom stereocenters. The van der Waals surface area contributed by atoms with Crippen LogP contribution in [0.3, 0.4) is 0 Å². The summed E-state index contributed by atoms with van der Waals surface area (Å²) in [5.41, 5.74) is 0.681. The number of rotatable bonds is 8. The molecule has 40 heavy (non-hydrogen) atoms. The van der Waals surface area contributed by atoms with Crippen molar-refractivity contribution in [3.05, 3.63) is 114 Å². The molecular weight excluding hydrogens is 561 g/mol. The molecule has 1 amide bonds. The summed E-state index contributed by atoms with van der Waals surface area (Å²) < 4.78 is 46.8. The molecule has 1 aromatic heterocycles. The maximum atomic E-state index is 13.0. The minimum absolute atomic E-state index is 0.0535. The van der Waals surface area contributed by atoms with Crippen molar-refractivity contribution >= 4 is 35.0 Å². The number of anilines is 1. The van der Waals surface area contributed by atoms with Gasteiger partial charge in [0.1, 0.15) is 11.5 Å². The first-order valence-electron chi connectivity index (χ1n) is 11.9. The van der Waals surface area contributed by atoms with E-state index < -0.39 is 17.6 Å². The number of nitrogens with one attached hydrogen (secondary N) is 1. The highest BCUT2D eigenvalue weighted by Crippen LogP contribution is 2.32. The fraction of sp³-hybridized carbons (Fsp3) is 0.0690. The lowest BCUT2D eigenvalue weighted by Crippen LogP contribution is -2.15. The van der Waals surface area contributed by atoms with E-state index in [1.165, 1.54) is 12.1 Å². The van der Waals surface area contributed by atoms with Crippen molar-refractivity contribution in [1.29, 1.82) is 0 Å². The predicted octanol–water partition coefficient (Wildman–Crippen LogP) is 8.13. The number of benzene rings is 4. The summed E-state index contributed by atoms with van der Waals surface area (Å²) in [4.78, 5) is 12.6. The number of carbonyl (C=O) groups excluding carboxylic acids is 1. The zero-order chi connectivity index (χ0) is 28.1. The molecular formula is C29H20ClF3N4O2S. The lowest BCUT2D eigenvalue weighted by atomic mass is 10.2. The van der Waals surface area contributed by atoms with E-state index in [-0.39, 0.29) is 11.4 Å². The fourth-order valence-electron chi connectivity index (χ4n) is 3.77. The zero-order valence-electron chi connectivity index (χ0n) is 20.6. The number of alkyl halides is 3. The largest absolute Gasteiger partial charge is 0.457 e. The minimum Gasteiger partial charge on any atom is -0.457 e. The average Bonchev–Trinajstić information content (AvgIpc) is 3.37. The summed E-state index contributed by atoms with van der Waals surface area (Å²) in [5, 5.41) is 12.1. The second-order valence-electron chi connectivity index (χ2n) is 8.47. The van der Waals surface area contributed by atoms with Gasteiger partial charge in [0.2, 0.25) is 5.91 Å². The molecule has 0 fully saturated rings. The first kappa shape index (κ1) is 27.3. The van der Waals surface area contributed by atoms with Crippen LogP contribution >= 0.6 is 23.4 Å². The van der Waals surface area contributed by atoms with Gasteiger partial charge in [0, 0.05) is 22.0 Å². The summed E-state index contributed by atoms with van der Waals surface area (Å²) in [7, 11) is 0. The van der Waals surface area contributed by atoms with Gasteiger partial charge in [-0.25, -0.2) is 0 Å². The number of thioether (sulfide) groups is 1. The summed E-state index contributed by atoms with van der Waals surface area (Å²) in [5.74, 6) is 1.26. The van der Waals surface area contributed by atoms with Crippen molar-refractivity contribution in [2.75, 3.05) is 11.1 Å². The van der Waals surface area contributed by atoms with E-state index in [9.17, 15) is 18.0 Å². The Morgan fingerprint density at radius 3 is 2.27 bits per heavy atom. The Morgan fingerprint density at radius 2 is 1.57 bits per heavy atom. The van der Waals surface area contributed by atoms with E-state index in [0.29, 0.717) is 27.5 Å². The lowest BCUT2D eigenvalue weighted by molar-refractivity contribution is -0.137. The topological polar surface area (TPSA) is 69.0 Å². The summed E-state index contributed by atoms with van der Waals surface area (Å²) in [6, 6.07) is 28.2. The van der Waals surface area contributed by atoms with Gasteiger partial charge in [-0.1, -0.05) is 47.6 Å². The van der Waals surface area contributed by atoms with Gasteiger partial charge in [0.15, 0.2) is 11.0 Å². The van der Waals surface area contributed by atoms with Gasteiger partial charge >= 0.3 is 6.18 Å². The standard InChI is InChI=1S/C29H20ClF3N4O2S/c30-21-11-9-19(10-12-21)27-35-36-28(40-18-26(38)34-22-6-4-5-20(17-22)29(31,32)33)37(27)23-13-15-25(16-14-23)39-24-7-2-1-3-8-24/h1-17H,18H2,(H,34,38). The van der Waals surface area contributed by atoms with Crippen molar-refractivity contribution in [3.63, 3.8) is 0 Å². The number of nitrogens with zero attached hydrogens (tertiary/aromatic N) is 3. The third-order valence-electron chi connectivity index (χ3n) is 5.62. The van der Waals surface area contributed by atoms with Gasteiger partial charge in [-0.3, -0.25) is 9.36 Å². The van der Waals surface area contributed by atoms with Crippen LogP contribution in [0.2, 0.25) is 5.02 Å². The van der Waals surface area contributed by atoms with Crippen molar-refractivity contribution < 1.29 is 22.7 Å². The molecule has 11 heteroatoms. The van der Waals surface area contributed by atoms with Crippen LogP contribution in [0.4, 0.5) is 18.9 Å². The van der Waals surface area contributed by atoms with Crippen LogP contribution in [0.15, 0.2) is 108 Å². The van der Waals surface area contributed by atoms with Crippen molar-refractivity contribution in [2.24, 2.45) is 0 Å². The van der Waals surface area contributed by atoms with Crippen molar-refractivity contribution in [1.82, 2.24) is 14.8 Å². The average molecular weight is 581 g/mol. The van der Waals surface area contributed by atoms with E-state index >= 15 is 0 Å². The number of carbonyl (C=O) groups is 1. The maximum absolute atomic E-state index is 13.0. The van der Waals surface area contributed by atoms with E-state index in [0.717, 1.165) is 35.1 Å². The Bertz CT molecular complexity index is 1610. The molecule has 5 aromatic rings. The Morgan fingerprint density at radius 1 is 0.875 bits per heavy atom. The molecule has 1 heterocycles. The molecule has 0 aliphatic heterocycles. The second-order valence-corrected chi connectivity index (χ2v) is 9.85. The number of halogens is 4. The minimum atomic E-state index is -4.51. The van der Waals surface area contributed by atoms with Crippen LogP contribution < -0.4 is 10.1 Å². The normalized spacial score (nSPS) is 11.3. The van der Waals surface area contributed by atoms with Crippen LogP contribution in [0.25, 0.3) is 17.1 Å². The Hall–Kier alpha value is -4.28. The monoisotopic (exact) mass is 580 g/mol. The van der Waals surface area contributed by atoms with E-state index in [2.05, 4.69) is 15.5 Å². The summed E-state index contributed by atoms with van der Waals surface area (Å²) >= 11 is 7.17. The Labute approximate surface area is 236 Å². The second kappa shape index (κ2) is 11.8. The SMILES string of the molecule is O=C(CSc1nnc(-c2ccc(Cl)cc2)n1-c1ccc(Oc2ccccc2)cc1)Nc1cccc(C(F)(F)F)c1. The lowest BCUT2D eigenvalue weighted by Gasteiger charge is -2.12. The Kier molecular flexibility index (Phi) is 8.09. The third kappa shape index (κ3) is 6.64. The molecule has 0 bridgehead atoms. The smallest absolute Gasteiger partial charge is 0.416 e. The molecule has 5 rings (SSSR count). The van der Waals surface area contributed by atoms with Crippen molar-refractivity contribution in [2.45, 2.75) is 11.3 Å². The van der Waals surface area contributed by atoms with Gasteiger partial charge in [-0.05, 0) is 78.9 Å². The number of amides is 1. The maximum Gasteiger partial charge on any atom is 0.416 e. The van der Waals surface area contributed by atoms with Gasteiger partial charge in [0.05, 0.1) is 11.3 Å². The number of ether oxygens (including phenoxy) is 1. The first-order valence-corrected chi connectivity index (χ1v) is 13.3. The highest BCUT2D eigenvalue weighted by atomic mass is 35.5. The molecule has 0 radical (unpaired) electrons. The molecule has 0 aliphatic carbocycles. The van der Waals surface area contributed by atoms with Gasteiger partial charge in [-0.2, -0.15) is 13.2 Å². The quantitative estimate of drug-likeness (QED) is 0.188. The molecule has 202 valence electrons. The molecule has 6 nitrogen and oxygen atoms in total. The first-order chi connectivity index (χ1) is 19.3. The van der Waals surface area contributed by atoms with Crippen molar-refractivity contribution in [3.8, 4) is 28.6 Å². The van der Waals surface area contributed by atoms with Crippen LogP contribution in [0.1, 0.15) is 5.56 Å². The van der Waals surface area contributed by atoms with Gasteiger partial charge < -0.3 is 10.1 Å². The number of hydrogen-bond donors (Lipinski definition) is 1. The molecule has 0 saturated heterocycles. The molecule has 0 spiro atoms. The number of aromatic nitrogens is 3. The highest BCUT2D eigenvalue weighted by molar-refractivity contribution is 7.99. The predicted molar refractivity (Wildman–Crippen MR) is 149 cm³/mol. The molecule has 0 aliphatic rings. The molecule has 4 aromatic carbocycles. The van der Waals surface area contributed by atoms with E-state index in [4.69, 9.17) is 16.3 Å². The summed E-state index contributed by atoms with van der Waals surface area (Å²) in [6.45, 7) is 0. The van der Waals surface area contributed by atoms with E-state index in [1.807, 2.05) is 66.7 Å². The van der Waals surface area contributed by atoms with Crippen LogP contribution in [-0.4, -0.2) is 26.4 Å². The van der Waals surface area contributed by atoms with Gasteiger partial charge in [-0.15, -0.1) is 10.2 Å². The van der Waals surface area contributed by atoms with Gasteiger partial charge in [0.25, 0.3) is 0 Å². The fourth-order valence-corrected chi connectivity index (χ4v) is 4.65. The molecule has 0 saturated carbocycles. The van der Waals surface area contributed by atoms with Crippen LogP contribution in [0, 0.1) is 0 Å². The zero-order valence-corrected chi connectivity index (χ0v) is 22.2. The third-order valence-corrected chi connectivity index (χ3v) is 6.80. The van der Waals surface area contributed by atoms with Crippen LogP contribution in [0.5, 0.6) is 11.5 Å². The number of hydrogen-bond acceptors (Lipinski definition) is 5. The number of para-hydroxylation sites is 1. The molecule has 1 N–H and O–H groups in total.